The normalized spacial score (nSPS) is 10.4. The van der Waals surface area contributed by atoms with Crippen LogP contribution in [0.2, 0.25) is 0 Å². The largest absolute Gasteiger partial charge is 0.342 e. The number of anilines is 1. The van der Waals surface area contributed by atoms with E-state index < -0.39 is 0 Å². The molecular weight excluding hydrogens is 328 g/mol. The average Bonchev–Trinajstić information content (AvgIpc) is 2.97. The third-order valence-corrected chi connectivity index (χ3v) is 5.23. The van der Waals surface area contributed by atoms with Crippen molar-refractivity contribution in [3.63, 3.8) is 0 Å². The summed E-state index contributed by atoms with van der Waals surface area (Å²) in [4.78, 5) is 25.8. The van der Waals surface area contributed by atoms with E-state index in [1.54, 1.807) is 0 Å². The average molecular weight is 348 g/mol. The minimum atomic E-state index is -0.226. The molecule has 0 bridgehead atoms. The fraction of sp³-hybridized carbons (Fsp3) is 0.294. The van der Waals surface area contributed by atoms with Crippen LogP contribution < -0.4 is 10.6 Å². The lowest BCUT2D eigenvalue weighted by atomic mass is 10.1. The minimum absolute atomic E-state index is 0.0443. The number of rotatable bonds is 5. The monoisotopic (exact) mass is 348 g/mol. The molecule has 0 saturated carbocycles. The van der Waals surface area contributed by atoms with E-state index in [2.05, 4.69) is 10.6 Å². The molecule has 2 N–H and O–H groups in total. The number of hydrogen-bond donors (Lipinski definition) is 2. The number of aryl methyl sites for hydroxylation is 3. The van der Waals surface area contributed by atoms with Gasteiger partial charge in [-0.15, -0.1) is 23.1 Å². The Balaban J connectivity index is 1.97. The van der Waals surface area contributed by atoms with E-state index in [4.69, 9.17) is 0 Å². The summed E-state index contributed by atoms with van der Waals surface area (Å²) >= 11 is 2.90. The van der Waals surface area contributed by atoms with Crippen molar-refractivity contribution in [2.24, 2.45) is 0 Å². The van der Waals surface area contributed by atoms with Gasteiger partial charge in [0.1, 0.15) is 4.88 Å². The molecule has 1 aromatic heterocycles. The van der Waals surface area contributed by atoms with E-state index in [-0.39, 0.29) is 18.4 Å². The Kier molecular flexibility index (Phi) is 5.85. The molecule has 0 aliphatic heterocycles. The lowest BCUT2D eigenvalue weighted by molar-refractivity contribution is -0.115. The second kappa shape index (κ2) is 7.66. The van der Waals surface area contributed by atoms with Gasteiger partial charge in [0.05, 0.1) is 6.54 Å². The molecule has 0 fully saturated rings. The number of carbonyl (C=O) groups is 2. The van der Waals surface area contributed by atoms with E-state index in [0.29, 0.717) is 4.88 Å². The molecule has 2 aromatic rings. The first-order chi connectivity index (χ1) is 10.9. The molecule has 122 valence electrons. The first kappa shape index (κ1) is 17.6. The van der Waals surface area contributed by atoms with Crippen molar-refractivity contribution in [3.8, 4) is 0 Å². The molecule has 0 aliphatic rings. The van der Waals surface area contributed by atoms with Crippen LogP contribution in [0.5, 0.6) is 0 Å². The van der Waals surface area contributed by atoms with Gasteiger partial charge in [-0.1, -0.05) is 17.7 Å². The first-order valence-corrected chi connectivity index (χ1v) is 9.30. The lowest BCUT2D eigenvalue weighted by Gasteiger charge is -2.13. The number of thioether (sulfide) groups is 1. The van der Waals surface area contributed by atoms with E-state index in [1.807, 2.05) is 50.6 Å². The topological polar surface area (TPSA) is 58.2 Å². The Hall–Kier alpha value is -1.79. The molecule has 0 radical (unpaired) electrons. The van der Waals surface area contributed by atoms with Gasteiger partial charge in [-0.2, -0.15) is 0 Å². The molecule has 1 aromatic carbocycles. The number of carbonyl (C=O) groups excluding carboxylic acids is 2. The lowest BCUT2D eigenvalue weighted by Crippen LogP contribution is -2.33. The summed E-state index contributed by atoms with van der Waals surface area (Å²) in [5.41, 5.74) is 4.01. The molecule has 0 unspecified atom stereocenters. The second-order valence-corrected chi connectivity index (χ2v) is 7.09. The standard InChI is InChI=1S/C17H20N2O2S2/c1-10-7-11(2)15(12(3)8-10)19-14(20)9-18-17(21)16-13(22-4)5-6-23-16/h5-8H,9H2,1-4H3,(H,18,21)(H,19,20). The van der Waals surface area contributed by atoms with Crippen LogP contribution in [-0.4, -0.2) is 24.6 Å². The van der Waals surface area contributed by atoms with Gasteiger partial charge in [-0.25, -0.2) is 0 Å². The van der Waals surface area contributed by atoms with Gasteiger partial charge in [-0.3, -0.25) is 9.59 Å². The van der Waals surface area contributed by atoms with Crippen LogP contribution in [0.1, 0.15) is 26.4 Å². The molecule has 0 spiro atoms. The van der Waals surface area contributed by atoms with Crippen LogP contribution in [0.4, 0.5) is 5.69 Å². The molecule has 0 aliphatic carbocycles. The summed E-state index contributed by atoms with van der Waals surface area (Å²) in [6.45, 7) is 5.91. The molecule has 0 saturated heterocycles. The maximum Gasteiger partial charge on any atom is 0.262 e. The van der Waals surface area contributed by atoms with Crippen molar-refractivity contribution >= 4 is 40.6 Å². The Morgan fingerprint density at radius 1 is 1.17 bits per heavy atom. The molecule has 6 heteroatoms. The molecule has 23 heavy (non-hydrogen) atoms. The zero-order valence-corrected chi connectivity index (χ0v) is 15.3. The maximum absolute atomic E-state index is 12.1. The zero-order chi connectivity index (χ0) is 17.0. The Bertz CT molecular complexity index is 715. The Morgan fingerprint density at radius 3 is 2.43 bits per heavy atom. The number of benzene rings is 1. The number of amides is 2. The fourth-order valence-electron chi connectivity index (χ4n) is 2.43. The first-order valence-electron chi connectivity index (χ1n) is 7.19. The van der Waals surface area contributed by atoms with E-state index in [1.165, 1.54) is 23.1 Å². The maximum atomic E-state index is 12.1. The Labute approximate surface area is 144 Å². The highest BCUT2D eigenvalue weighted by Crippen LogP contribution is 2.25. The molecule has 2 rings (SSSR count). The molecular formula is C17H20N2O2S2. The van der Waals surface area contributed by atoms with Crippen molar-refractivity contribution in [2.75, 3.05) is 18.1 Å². The van der Waals surface area contributed by atoms with Gasteiger partial charge < -0.3 is 10.6 Å². The van der Waals surface area contributed by atoms with Crippen LogP contribution in [-0.2, 0) is 4.79 Å². The fourth-order valence-corrected chi connectivity index (χ4v) is 4.09. The van der Waals surface area contributed by atoms with Gasteiger partial charge in [0, 0.05) is 10.6 Å². The van der Waals surface area contributed by atoms with Gasteiger partial charge in [0.25, 0.3) is 5.91 Å². The highest BCUT2D eigenvalue weighted by Gasteiger charge is 2.14. The van der Waals surface area contributed by atoms with Gasteiger partial charge in [0.2, 0.25) is 5.91 Å². The summed E-state index contributed by atoms with van der Waals surface area (Å²) in [5.74, 6) is -0.437. The Morgan fingerprint density at radius 2 is 1.83 bits per heavy atom. The smallest absolute Gasteiger partial charge is 0.262 e. The van der Waals surface area contributed by atoms with E-state index in [9.17, 15) is 9.59 Å². The van der Waals surface area contributed by atoms with Gasteiger partial charge >= 0.3 is 0 Å². The highest BCUT2D eigenvalue weighted by molar-refractivity contribution is 7.98. The van der Waals surface area contributed by atoms with Crippen molar-refractivity contribution in [3.05, 3.63) is 45.1 Å². The van der Waals surface area contributed by atoms with Crippen LogP contribution in [0.25, 0.3) is 0 Å². The van der Waals surface area contributed by atoms with E-state index >= 15 is 0 Å². The van der Waals surface area contributed by atoms with Gasteiger partial charge in [0.15, 0.2) is 0 Å². The third kappa shape index (κ3) is 4.36. The van der Waals surface area contributed by atoms with E-state index in [0.717, 1.165) is 27.3 Å². The van der Waals surface area contributed by atoms with Crippen molar-refractivity contribution in [1.29, 1.82) is 0 Å². The molecule has 1 heterocycles. The SMILES string of the molecule is CSc1ccsc1C(=O)NCC(=O)Nc1c(C)cc(C)cc1C. The summed E-state index contributed by atoms with van der Waals surface area (Å²) in [5, 5.41) is 7.43. The predicted octanol–water partition coefficient (Wildman–Crippen LogP) is 3.76. The summed E-state index contributed by atoms with van der Waals surface area (Å²) in [7, 11) is 0. The summed E-state index contributed by atoms with van der Waals surface area (Å²) in [6, 6.07) is 5.96. The van der Waals surface area contributed by atoms with Gasteiger partial charge in [-0.05, 0) is 49.6 Å². The van der Waals surface area contributed by atoms with Crippen molar-refractivity contribution in [1.82, 2.24) is 5.32 Å². The minimum Gasteiger partial charge on any atom is -0.342 e. The molecule has 2 amide bonds. The predicted molar refractivity (Wildman–Crippen MR) is 97.7 cm³/mol. The number of thiophene rings is 1. The van der Waals surface area contributed by atoms with Crippen molar-refractivity contribution in [2.45, 2.75) is 25.7 Å². The second-order valence-electron chi connectivity index (χ2n) is 5.32. The quantitative estimate of drug-likeness (QED) is 0.809. The van der Waals surface area contributed by atoms with Crippen LogP contribution in [0.15, 0.2) is 28.5 Å². The van der Waals surface area contributed by atoms with Crippen LogP contribution in [0, 0.1) is 20.8 Å². The number of hydrogen-bond acceptors (Lipinski definition) is 4. The summed E-state index contributed by atoms with van der Waals surface area (Å²) < 4.78 is 0. The molecule has 4 nitrogen and oxygen atoms in total. The summed E-state index contributed by atoms with van der Waals surface area (Å²) in [6.07, 6.45) is 1.93. The van der Waals surface area contributed by atoms with Crippen LogP contribution >= 0.6 is 23.1 Å². The third-order valence-electron chi connectivity index (χ3n) is 3.41. The number of nitrogens with one attached hydrogen (secondary N) is 2. The zero-order valence-electron chi connectivity index (χ0n) is 13.6. The molecule has 0 atom stereocenters. The van der Waals surface area contributed by atoms with Crippen molar-refractivity contribution < 1.29 is 9.59 Å². The van der Waals surface area contributed by atoms with Crippen LogP contribution in [0.3, 0.4) is 0 Å². The highest BCUT2D eigenvalue weighted by atomic mass is 32.2.